The second-order valence-corrected chi connectivity index (χ2v) is 5.12. The molecule has 2 aromatic heterocycles. The van der Waals surface area contributed by atoms with Crippen LogP contribution in [0.15, 0.2) is 53.2 Å². The molecule has 3 aromatic rings. The fraction of sp³-hybridized carbons (Fsp3) is 0.0667. The van der Waals surface area contributed by atoms with Crippen molar-refractivity contribution in [3.63, 3.8) is 0 Å². The van der Waals surface area contributed by atoms with E-state index in [4.69, 9.17) is 4.74 Å². The molecule has 0 fully saturated rings. The Balaban J connectivity index is 1.63. The minimum Gasteiger partial charge on any atom is -0.454 e. The van der Waals surface area contributed by atoms with Crippen molar-refractivity contribution in [3.8, 4) is 5.69 Å². The fourth-order valence-electron chi connectivity index (χ4n) is 1.78. The van der Waals surface area contributed by atoms with Crippen LogP contribution in [-0.2, 0) is 16.1 Å². The molecule has 0 aliphatic heterocycles. The van der Waals surface area contributed by atoms with Gasteiger partial charge in [-0.05, 0) is 51.0 Å². The second-order valence-electron chi connectivity index (χ2n) is 4.34. The van der Waals surface area contributed by atoms with Gasteiger partial charge in [-0.15, -0.1) is 5.10 Å². The molecular weight excluding hydrogens is 300 g/mol. The quantitative estimate of drug-likeness (QED) is 0.535. The maximum absolute atomic E-state index is 11.7. The van der Waals surface area contributed by atoms with Gasteiger partial charge in [0.25, 0.3) is 0 Å². The lowest BCUT2D eigenvalue weighted by Crippen LogP contribution is -2.08. The lowest BCUT2D eigenvalue weighted by Gasteiger charge is -2.04. The SMILES string of the molecule is O=C(/C=C\c1ccsc1)OCc1nnnn1-c1ccccc1. The molecule has 3 rings (SSSR count). The number of para-hydroxylation sites is 1. The summed E-state index contributed by atoms with van der Waals surface area (Å²) in [6.45, 7) is 0.00864. The predicted molar refractivity (Wildman–Crippen MR) is 82.3 cm³/mol. The molecule has 22 heavy (non-hydrogen) atoms. The Labute approximate surface area is 130 Å². The number of thiophene rings is 1. The largest absolute Gasteiger partial charge is 0.454 e. The molecular formula is C15H12N4O2S. The minimum atomic E-state index is -0.436. The number of hydrogen-bond donors (Lipinski definition) is 0. The van der Waals surface area contributed by atoms with E-state index in [9.17, 15) is 4.79 Å². The van der Waals surface area contributed by atoms with Gasteiger partial charge in [0.15, 0.2) is 12.4 Å². The predicted octanol–water partition coefficient (Wildman–Crippen LogP) is 2.48. The lowest BCUT2D eigenvalue weighted by atomic mass is 10.3. The highest BCUT2D eigenvalue weighted by Crippen LogP contribution is 2.09. The highest BCUT2D eigenvalue weighted by atomic mass is 32.1. The number of ether oxygens (including phenoxy) is 1. The first kappa shape index (κ1) is 14.2. The van der Waals surface area contributed by atoms with Gasteiger partial charge in [-0.25, -0.2) is 4.79 Å². The summed E-state index contributed by atoms with van der Waals surface area (Å²) in [5.74, 6) is 0.0253. The zero-order chi connectivity index (χ0) is 15.2. The molecule has 0 spiro atoms. The first-order valence-corrected chi connectivity index (χ1v) is 7.47. The Morgan fingerprint density at radius 1 is 1.27 bits per heavy atom. The van der Waals surface area contributed by atoms with Gasteiger partial charge < -0.3 is 4.74 Å². The van der Waals surface area contributed by atoms with Crippen molar-refractivity contribution in [2.45, 2.75) is 6.61 Å². The van der Waals surface area contributed by atoms with Crippen LogP contribution in [0.3, 0.4) is 0 Å². The summed E-state index contributed by atoms with van der Waals surface area (Å²) < 4.78 is 6.70. The van der Waals surface area contributed by atoms with Gasteiger partial charge in [-0.1, -0.05) is 18.2 Å². The van der Waals surface area contributed by atoms with Crippen LogP contribution in [0.25, 0.3) is 11.8 Å². The Morgan fingerprint density at radius 2 is 2.14 bits per heavy atom. The Bertz CT molecular complexity index is 766. The first-order valence-electron chi connectivity index (χ1n) is 6.52. The van der Waals surface area contributed by atoms with Crippen molar-refractivity contribution in [1.29, 1.82) is 0 Å². The summed E-state index contributed by atoms with van der Waals surface area (Å²) in [4.78, 5) is 11.7. The van der Waals surface area contributed by atoms with Crippen molar-refractivity contribution in [3.05, 3.63) is 64.6 Å². The summed E-state index contributed by atoms with van der Waals surface area (Å²) in [6, 6.07) is 11.3. The molecule has 2 heterocycles. The molecule has 0 bridgehead atoms. The zero-order valence-electron chi connectivity index (χ0n) is 11.5. The smallest absolute Gasteiger partial charge is 0.331 e. The van der Waals surface area contributed by atoms with Crippen LogP contribution in [0.4, 0.5) is 0 Å². The molecule has 0 atom stereocenters. The van der Waals surface area contributed by atoms with Crippen LogP contribution in [0.2, 0.25) is 0 Å². The number of benzene rings is 1. The van der Waals surface area contributed by atoms with Crippen LogP contribution in [-0.4, -0.2) is 26.2 Å². The molecule has 110 valence electrons. The van der Waals surface area contributed by atoms with E-state index in [1.165, 1.54) is 10.8 Å². The average Bonchev–Trinajstić information content (AvgIpc) is 3.23. The molecule has 6 nitrogen and oxygen atoms in total. The maximum atomic E-state index is 11.7. The summed E-state index contributed by atoms with van der Waals surface area (Å²) in [5.41, 5.74) is 1.78. The van der Waals surface area contributed by atoms with E-state index in [1.807, 2.05) is 47.2 Å². The summed E-state index contributed by atoms with van der Waals surface area (Å²) in [7, 11) is 0. The number of tetrazole rings is 1. The standard InChI is InChI=1S/C15H12N4O2S/c20-15(7-6-12-8-9-22-11-12)21-10-14-16-17-18-19(14)13-4-2-1-3-5-13/h1-9,11H,10H2/b7-6-. The minimum absolute atomic E-state index is 0.00864. The number of hydrogen-bond acceptors (Lipinski definition) is 6. The fourth-order valence-corrected chi connectivity index (χ4v) is 2.41. The molecule has 0 aliphatic carbocycles. The third-order valence-electron chi connectivity index (χ3n) is 2.83. The van der Waals surface area contributed by atoms with Crippen molar-refractivity contribution >= 4 is 23.4 Å². The summed E-state index contributed by atoms with van der Waals surface area (Å²) in [6.07, 6.45) is 3.09. The number of nitrogens with zero attached hydrogens (tertiary/aromatic N) is 4. The molecule has 0 saturated carbocycles. The number of esters is 1. The molecule has 0 saturated heterocycles. The Morgan fingerprint density at radius 3 is 2.91 bits per heavy atom. The molecule has 0 unspecified atom stereocenters. The van der Waals surface area contributed by atoms with Crippen molar-refractivity contribution < 1.29 is 9.53 Å². The van der Waals surface area contributed by atoms with Gasteiger partial charge in [-0.3, -0.25) is 0 Å². The van der Waals surface area contributed by atoms with Gasteiger partial charge in [0.1, 0.15) is 0 Å². The molecule has 0 amide bonds. The van der Waals surface area contributed by atoms with Gasteiger partial charge >= 0.3 is 5.97 Å². The van der Waals surface area contributed by atoms with E-state index in [-0.39, 0.29) is 6.61 Å². The topological polar surface area (TPSA) is 69.9 Å². The van der Waals surface area contributed by atoms with E-state index in [1.54, 1.807) is 17.4 Å². The van der Waals surface area contributed by atoms with E-state index in [2.05, 4.69) is 15.5 Å². The highest BCUT2D eigenvalue weighted by Gasteiger charge is 2.09. The Hall–Kier alpha value is -2.80. The van der Waals surface area contributed by atoms with Gasteiger partial charge in [0.2, 0.25) is 0 Å². The van der Waals surface area contributed by atoms with E-state index in [0.29, 0.717) is 5.82 Å². The lowest BCUT2D eigenvalue weighted by molar-refractivity contribution is -0.139. The molecule has 0 aliphatic rings. The molecule has 0 radical (unpaired) electrons. The number of carbonyl (C=O) groups excluding carboxylic acids is 1. The molecule has 7 heteroatoms. The molecule has 0 N–H and O–H groups in total. The van der Waals surface area contributed by atoms with Gasteiger partial charge in [-0.2, -0.15) is 16.0 Å². The van der Waals surface area contributed by atoms with Crippen molar-refractivity contribution in [1.82, 2.24) is 20.2 Å². The van der Waals surface area contributed by atoms with Crippen molar-refractivity contribution in [2.24, 2.45) is 0 Å². The average molecular weight is 312 g/mol. The summed E-state index contributed by atoms with van der Waals surface area (Å²) in [5, 5.41) is 15.3. The third kappa shape index (κ3) is 3.44. The van der Waals surface area contributed by atoms with Crippen molar-refractivity contribution in [2.75, 3.05) is 0 Å². The van der Waals surface area contributed by atoms with Gasteiger partial charge in [0.05, 0.1) is 5.69 Å². The monoisotopic (exact) mass is 312 g/mol. The van der Waals surface area contributed by atoms with Crippen LogP contribution in [0.1, 0.15) is 11.4 Å². The van der Waals surface area contributed by atoms with Crippen LogP contribution in [0, 0.1) is 0 Å². The first-order chi connectivity index (χ1) is 10.8. The molecule has 1 aromatic carbocycles. The van der Waals surface area contributed by atoms with Crippen LogP contribution in [0.5, 0.6) is 0 Å². The summed E-state index contributed by atoms with van der Waals surface area (Å²) >= 11 is 1.57. The van der Waals surface area contributed by atoms with Crippen LogP contribution < -0.4 is 0 Å². The number of aromatic nitrogens is 4. The van der Waals surface area contributed by atoms with E-state index >= 15 is 0 Å². The maximum Gasteiger partial charge on any atom is 0.331 e. The Kier molecular flexibility index (Phi) is 4.35. The van der Waals surface area contributed by atoms with E-state index < -0.39 is 5.97 Å². The second kappa shape index (κ2) is 6.77. The normalized spacial score (nSPS) is 10.9. The number of rotatable bonds is 5. The number of carbonyl (C=O) groups is 1. The van der Waals surface area contributed by atoms with Crippen LogP contribution >= 0.6 is 11.3 Å². The third-order valence-corrected chi connectivity index (χ3v) is 3.53. The van der Waals surface area contributed by atoms with Gasteiger partial charge in [0, 0.05) is 6.08 Å². The van der Waals surface area contributed by atoms with E-state index in [0.717, 1.165) is 11.3 Å². The highest BCUT2D eigenvalue weighted by molar-refractivity contribution is 7.08. The zero-order valence-corrected chi connectivity index (χ0v) is 12.3.